The molecular weight excluding hydrogens is 178 g/mol. The van der Waals surface area contributed by atoms with Gasteiger partial charge < -0.3 is 10.6 Å². The van der Waals surface area contributed by atoms with Gasteiger partial charge in [-0.25, -0.2) is 0 Å². The summed E-state index contributed by atoms with van der Waals surface area (Å²) in [5, 5.41) is 6.12. The Labute approximate surface area is 85.2 Å². The molecule has 0 spiro atoms. The predicted molar refractivity (Wildman–Crippen MR) is 57.2 cm³/mol. The van der Waals surface area contributed by atoms with E-state index in [0.717, 1.165) is 12.8 Å². The molecule has 14 heavy (non-hydrogen) atoms. The number of amidine groups is 1. The van der Waals surface area contributed by atoms with Crippen LogP contribution in [0.4, 0.5) is 0 Å². The fourth-order valence-electron chi connectivity index (χ4n) is 1.54. The van der Waals surface area contributed by atoms with Crippen molar-refractivity contribution in [2.45, 2.75) is 52.2 Å². The second kappa shape index (κ2) is 3.98. The van der Waals surface area contributed by atoms with E-state index in [1.54, 1.807) is 0 Å². The fraction of sp³-hybridized carbons (Fsp3) is 0.800. The summed E-state index contributed by atoms with van der Waals surface area (Å²) in [6.07, 6.45) is 1.73. The molecule has 80 valence electrons. The molecule has 1 saturated heterocycles. The lowest BCUT2D eigenvalue weighted by Crippen LogP contribution is -2.48. The smallest absolute Gasteiger partial charge is 0.288 e. The quantitative estimate of drug-likeness (QED) is 0.710. The van der Waals surface area contributed by atoms with Gasteiger partial charge in [-0.05, 0) is 26.7 Å². The van der Waals surface area contributed by atoms with Crippen LogP contribution in [-0.4, -0.2) is 23.4 Å². The Balaban J connectivity index is 2.82. The molecule has 0 aliphatic carbocycles. The highest BCUT2D eigenvalue weighted by Gasteiger charge is 2.38. The average molecular weight is 197 g/mol. The molecule has 0 aromatic rings. The third-order valence-corrected chi connectivity index (χ3v) is 2.52. The Morgan fingerprint density at radius 1 is 1.29 bits per heavy atom. The van der Waals surface area contributed by atoms with Crippen LogP contribution in [0.1, 0.15) is 40.5 Å². The monoisotopic (exact) mass is 197 g/mol. The Morgan fingerprint density at radius 2 is 1.86 bits per heavy atom. The molecule has 0 atom stereocenters. The standard InChI is InChI=1S/C10H19N3O/c1-5-10(6-2)12-8(9(14)13-10)11-7(3)4/h7H,5-6H2,1-4H3,(H,11,12)(H,13,14). The lowest BCUT2D eigenvalue weighted by atomic mass is 10.1. The first-order valence-corrected chi connectivity index (χ1v) is 5.21. The van der Waals surface area contributed by atoms with Crippen molar-refractivity contribution in [2.24, 2.45) is 4.99 Å². The van der Waals surface area contributed by atoms with Crippen LogP contribution in [0.25, 0.3) is 0 Å². The van der Waals surface area contributed by atoms with E-state index in [1.807, 2.05) is 13.8 Å². The molecule has 0 saturated carbocycles. The lowest BCUT2D eigenvalue weighted by Gasteiger charge is -2.25. The molecule has 4 heteroatoms. The number of nitrogens with zero attached hydrogens (tertiary/aromatic N) is 1. The van der Waals surface area contributed by atoms with Crippen molar-refractivity contribution >= 4 is 11.7 Å². The van der Waals surface area contributed by atoms with Crippen LogP contribution in [0.2, 0.25) is 0 Å². The molecule has 0 aromatic carbocycles. The summed E-state index contributed by atoms with van der Waals surface area (Å²) in [4.78, 5) is 15.8. The SMILES string of the molecule is CCC1(CC)NC(=O)C(=NC(C)C)N1. The summed E-state index contributed by atoms with van der Waals surface area (Å²) < 4.78 is 0. The van der Waals surface area contributed by atoms with E-state index in [-0.39, 0.29) is 17.6 Å². The number of rotatable bonds is 3. The molecule has 4 nitrogen and oxygen atoms in total. The first-order chi connectivity index (χ1) is 6.53. The van der Waals surface area contributed by atoms with Gasteiger partial charge in [0.1, 0.15) is 5.66 Å². The summed E-state index contributed by atoms with van der Waals surface area (Å²) in [6.45, 7) is 8.02. The van der Waals surface area contributed by atoms with Crippen LogP contribution in [0.15, 0.2) is 4.99 Å². The highest BCUT2D eigenvalue weighted by molar-refractivity contribution is 6.40. The highest BCUT2D eigenvalue weighted by Crippen LogP contribution is 2.15. The maximum Gasteiger partial charge on any atom is 0.288 e. The molecule has 1 aliphatic heterocycles. The maximum atomic E-state index is 11.5. The van der Waals surface area contributed by atoms with Crippen molar-refractivity contribution in [1.82, 2.24) is 10.6 Å². The molecule has 0 bridgehead atoms. The van der Waals surface area contributed by atoms with E-state index in [1.165, 1.54) is 0 Å². The molecule has 2 N–H and O–H groups in total. The summed E-state index contributed by atoms with van der Waals surface area (Å²) in [7, 11) is 0. The second-order valence-corrected chi connectivity index (χ2v) is 3.94. The van der Waals surface area contributed by atoms with Gasteiger partial charge in [-0.3, -0.25) is 9.79 Å². The number of hydrogen-bond acceptors (Lipinski definition) is 2. The minimum absolute atomic E-state index is 0.0811. The first kappa shape index (κ1) is 11.0. The van der Waals surface area contributed by atoms with E-state index >= 15 is 0 Å². The number of nitrogens with one attached hydrogen (secondary N) is 2. The highest BCUT2D eigenvalue weighted by atomic mass is 16.2. The van der Waals surface area contributed by atoms with Gasteiger partial charge in [-0.1, -0.05) is 13.8 Å². The molecule has 1 aliphatic rings. The second-order valence-electron chi connectivity index (χ2n) is 3.94. The lowest BCUT2D eigenvalue weighted by molar-refractivity contribution is -0.115. The van der Waals surface area contributed by atoms with Crippen LogP contribution in [0.5, 0.6) is 0 Å². The minimum atomic E-state index is -0.273. The largest absolute Gasteiger partial charge is 0.343 e. The minimum Gasteiger partial charge on any atom is -0.343 e. The predicted octanol–water partition coefficient (Wildman–Crippen LogP) is 1.03. The number of hydrogen-bond donors (Lipinski definition) is 2. The Morgan fingerprint density at radius 3 is 2.21 bits per heavy atom. The van der Waals surface area contributed by atoms with E-state index in [2.05, 4.69) is 29.5 Å². The van der Waals surface area contributed by atoms with Gasteiger partial charge in [-0.15, -0.1) is 0 Å². The number of carbonyl (C=O) groups excluding carboxylic acids is 1. The van der Waals surface area contributed by atoms with Crippen molar-refractivity contribution < 1.29 is 4.79 Å². The summed E-state index contributed by atoms with van der Waals surface area (Å²) in [6, 6.07) is 0.146. The van der Waals surface area contributed by atoms with Gasteiger partial charge in [0.2, 0.25) is 0 Å². The van der Waals surface area contributed by atoms with E-state index in [9.17, 15) is 4.79 Å². The zero-order valence-electron chi connectivity index (χ0n) is 9.35. The Bertz CT molecular complexity index is 254. The number of amides is 1. The van der Waals surface area contributed by atoms with E-state index in [4.69, 9.17) is 0 Å². The van der Waals surface area contributed by atoms with Crippen molar-refractivity contribution in [3.8, 4) is 0 Å². The zero-order valence-corrected chi connectivity index (χ0v) is 9.35. The van der Waals surface area contributed by atoms with Crippen molar-refractivity contribution in [3.05, 3.63) is 0 Å². The molecule has 0 radical (unpaired) electrons. The molecular formula is C10H19N3O. The van der Waals surface area contributed by atoms with Crippen molar-refractivity contribution in [1.29, 1.82) is 0 Å². The summed E-state index contributed by atoms with van der Waals surface area (Å²) in [5.74, 6) is 0.395. The van der Waals surface area contributed by atoms with E-state index < -0.39 is 0 Å². The first-order valence-electron chi connectivity index (χ1n) is 5.21. The van der Waals surface area contributed by atoms with Gasteiger partial charge in [0, 0.05) is 6.04 Å². The average Bonchev–Trinajstić information content (AvgIpc) is 2.44. The normalized spacial score (nSPS) is 22.6. The maximum absolute atomic E-state index is 11.5. The molecule has 0 aromatic heterocycles. The van der Waals surface area contributed by atoms with E-state index in [0.29, 0.717) is 5.84 Å². The van der Waals surface area contributed by atoms with Crippen molar-refractivity contribution in [2.75, 3.05) is 0 Å². The van der Waals surface area contributed by atoms with Crippen LogP contribution >= 0.6 is 0 Å². The molecule has 0 unspecified atom stereocenters. The molecule has 1 rings (SSSR count). The fourth-order valence-corrected chi connectivity index (χ4v) is 1.54. The third-order valence-electron chi connectivity index (χ3n) is 2.52. The number of aliphatic imine (C=N–C) groups is 1. The summed E-state index contributed by atoms with van der Waals surface area (Å²) in [5.41, 5.74) is -0.273. The van der Waals surface area contributed by atoms with Crippen molar-refractivity contribution in [3.63, 3.8) is 0 Å². The molecule has 1 fully saturated rings. The summed E-state index contributed by atoms with van der Waals surface area (Å²) >= 11 is 0. The van der Waals surface area contributed by atoms with Gasteiger partial charge in [-0.2, -0.15) is 0 Å². The topological polar surface area (TPSA) is 53.5 Å². The van der Waals surface area contributed by atoms with Crippen LogP contribution in [0.3, 0.4) is 0 Å². The third kappa shape index (κ3) is 2.05. The van der Waals surface area contributed by atoms with Gasteiger partial charge in [0.25, 0.3) is 5.91 Å². The van der Waals surface area contributed by atoms with Crippen LogP contribution in [-0.2, 0) is 4.79 Å². The Hall–Kier alpha value is -1.06. The van der Waals surface area contributed by atoms with Gasteiger partial charge in [0.05, 0.1) is 0 Å². The molecule has 1 heterocycles. The van der Waals surface area contributed by atoms with Gasteiger partial charge >= 0.3 is 0 Å². The number of carbonyl (C=O) groups is 1. The molecule has 1 amide bonds. The zero-order chi connectivity index (χ0) is 10.8. The van der Waals surface area contributed by atoms with Crippen LogP contribution < -0.4 is 10.6 Å². The Kier molecular flexibility index (Phi) is 3.13. The van der Waals surface area contributed by atoms with Crippen LogP contribution in [0, 0.1) is 0 Å². The van der Waals surface area contributed by atoms with Gasteiger partial charge in [0.15, 0.2) is 5.84 Å².